The average molecular weight is 727 g/mol. The fourth-order valence-corrected chi connectivity index (χ4v) is 4.79. The fraction of sp³-hybridized carbons (Fsp3) is 0.389. The average Bonchev–Trinajstić information content (AvgIpc) is 3.74. The summed E-state index contributed by atoms with van der Waals surface area (Å²) >= 11 is 0. The number of ether oxygens (including phenoxy) is 10. The van der Waals surface area contributed by atoms with Crippen molar-refractivity contribution < 1.29 is 76.1 Å². The van der Waals surface area contributed by atoms with Gasteiger partial charge in [0.25, 0.3) is 0 Å². The van der Waals surface area contributed by atoms with Crippen molar-refractivity contribution in [2.24, 2.45) is 0 Å². The minimum absolute atomic E-state index is 0.0176. The predicted octanol–water partition coefficient (Wildman–Crippen LogP) is 4.28. The zero-order chi connectivity index (χ0) is 37.3. The molecule has 0 spiro atoms. The molecule has 278 valence electrons. The number of esters is 4. The van der Waals surface area contributed by atoms with Gasteiger partial charge >= 0.3 is 36.2 Å². The van der Waals surface area contributed by atoms with E-state index in [2.05, 4.69) is 13.2 Å². The van der Waals surface area contributed by atoms with Gasteiger partial charge in [0, 0.05) is 12.2 Å². The summed E-state index contributed by atoms with van der Waals surface area (Å²) in [6.07, 6.45) is -0.714. The third-order valence-electron chi connectivity index (χ3n) is 7.40. The number of carbonyl (C=O) groups excluding carboxylic acids is 6. The van der Waals surface area contributed by atoms with E-state index in [1.807, 2.05) is 0 Å². The zero-order valence-corrected chi connectivity index (χ0v) is 28.1. The molecule has 0 aromatic heterocycles. The van der Waals surface area contributed by atoms with Gasteiger partial charge in [0.05, 0.1) is 50.8 Å². The highest BCUT2D eigenvalue weighted by atomic mass is 16.7. The summed E-state index contributed by atoms with van der Waals surface area (Å²) in [5.74, 6) is -2.09. The second kappa shape index (κ2) is 20.2. The Morgan fingerprint density at radius 1 is 0.558 bits per heavy atom. The molecule has 2 aliphatic heterocycles. The highest BCUT2D eigenvalue weighted by Crippen LogP contribution is 2.32. The Morgan fingerprint density at radius 3 is 1.25 bits per heavy atom. The van der Waals surface area contributed by atoms with Gasteiger partial charge in [-0.2, -0.15) is 0 Å². The van der Waals surface area contributed by atoms with Gasteiger partial charge in [0.2, 0.25) is 0 Å². The van der Waals surface area contributed by atoms with E-state index >= 15 is 0 Å². The van der Waals surface area contributed by atoms with Crippen LogP contribution in [0, 0.1) is 0 Å². The Bertz CT molecular complexity index is 1450. The Balaban J connectivity index is 1.14. The van der Waals surface area contributed by atoms with Crippen molar-refractivity contribution in [1.82, 2.24) is 0 Å². The summed E-state index contributed by atoms with van der Waals surface area (Å²) in [6.45, 7) is 7.10. The van der Waals surface area contributed by atoms with Crippen LogP contribution in [0.5, 0.6) is 11.5 Å². The Kier molecular flexibility index (Phi) is 15.2. The lowest BCUT2D eigenvalue weighted by Crippen LogP contribution is -2.36. The first-order valence-corrected chi connectivity index (χ1v) is 16.3. The molecule has 2 saturated heterocycles. The Morgan fingerprint density at radius 2 is 0.904 bits per heavy atom. The van der Waals surface area contributed by atoms with Crippen LogP contribution in [0.3, 0.4) is 0 Å². The molecule has 2 fully saturated rings. The summed E-state index contributed by atoms with van der Waals surface area (Å²) in [4.78, 5) is 71.5. The first kappa shape index (κ1) is 39.1. The largest absolute Gasteiger partial charge is 0.513 e. The van der Waals surface area contributed by atoms with Crippen LogP contribution in [0.2, 0.25) is 0 Å². The predicted molar refractivity (Wildman–Crippen MR) is 176 cm³/mol. The molecule has 52 heavy (non-hydrogen) atoms. The minimum Gasteiger partial charge on any atom is -0.463 e. The minimum atomic E-state index is -0.930. The van der Waals surface area contributed by atoms with E-state index in [0.717, 1.165) is 12.2 Å². The van der Waals surface area contributed by atoms with E-state index in [1.165, 1.54) is 48.5 Å². The topological polar surface area (TPSA) is 195 Å². The smallest absolute Gasteiger partial charge is 0.463 e. The van der Waals surface area contributed by atoms with Crippen LogP contribution in [0.15, 0.2) is 73.8 Å². The van der Waals surface area contributed by atoms with Crippen LogP contribution in [0.4, 0.5) is 9.59 Å². The molecular weight excluding hydrogens is 688 g/mol. The van der Waals surface area contributed by atoms with E-state index in [9.17, 15) is 28.8 Å². The Labute approximate surface area is 298 Å². The van der Waals surface area contributed by atoms with Crippen LogP contribution in [-0.4, -0.2) is 100 Å². The van der Waals surface area contributed by atoms with Gasteiger partial charge in [-0.3, -0.25) is 0 Å². The van der Waals surface area contributed by atoms with Crippen molar-refractivity contribution in [3.63, 3.8) is 0 Å². The second-order valence-corrected chi connectivity index (χ2v) is 11.1. The highest BCUT2D eigenvalue weighted by Gasteiger charge is 2.51. The van der Waals surface area contributed by atoms with Gasteiger partial charge in [-0.15, -0.1) is 0 Å². The van der Waals surface area contributed by atoms with Crippen LogP contribution in [0.25, 0.3) is 0 Å². The maximum Gasteiger partial charge on any atom is 0.513 e. The molecule has 2 aromatic carbocycles. The van der Waals surface area contributed by atoms with Crippen molar-refractivity contribution in [3.8, 4) is 11.5 Å². The lowest BCUT2D eigenvalue weighted by molar-refractivity contribution is -0.138. The van der Waals surface area contributed by atoms with Crippen LogP contribution in [0.1, 0.15) is 46.4 Å². The zero-order valence-electron chi connectivity index (χ0n) is 28.1. The molecular formula is C36H38O16. The lowest BCUT2D eigenvalue weighted by atomic mass is 10.1. The number of rotatable bonds is 18. The van der Waals surface area contributed by atoms with Gasteiger partial charge in [-0.25, -0.2) is 28.8 Å². The van der Waals surface area contributed by atoms with Gasteiger partial charge < -0.3 is 47.4 Å². The summed E-state index contributed by atoms with van der Waals surface area (Å²) in [5.41, 5.74) is 0.368. The molecule has 0 radical (unpaired) electrons. The van der Waals surface area contributed by atoms with E-state index in [4.69, 9.17) is 47.4 Å². The molecule has 16 heteroatoms. The lowest BCUT2D eigenvalue weighted by Gasteiger charge is -2.17. The van der Waals surface area contributed by atoms with Crippen LogP contribution < -0.4 is 9.47 Å². The van der Waals surface area contributed by atoms with Crippen molar-refractivity contribution >= 4 is 36.2 Å². The number of hydrogen-bond donors (Lipinski definition) is 0. The molecule has 0 amide bonds. The second-order valence-electron chi connectivity index (χ2n) is 11.1. The summed E-state index contributed by atoms with van der Waals surface area (Å²) in [7, 11) is 0. The number of benzene rings is 2. The van der Waals surface area contributed by atoms with Crippen molar-refractivity contribution in [2.75, 3.05) is 39.6 Å². The highest BCUT2D eigenvalue weighted by molar-refractivity contribution is 5.90. The molecule has 2 aromatic rings. The number of fused-ring (bicyclic) bond motifs is 1. The van der Waals surface area contributed by atoms with Gasteiger partial charge in [-0.05, 0) is 74.2 Å². The summed E-state index contributed by atoms with van der Waals surface area (Å²) in [5, 5.41) is 0. The number of unbranched alkanes of at least 4 members (excludes halogenated alkanes) is 2. The van der Waals surface area contributed by atoms with E-state index in [-0.39, 0.29) is 62.3 Å². The molecule has 0 bridgehead atoms. The van der Waals surface area contributed by atoms with Gasteiger partial charge in [0.1, 0.15) is 23.7 Å². The normalized spacial score (nSPS) is 18.5. The van der Waals surface area contributed by atoms with Crippen molar-refractivity contribution in [3.05, 3.63) is 85.0 Å². The third-order valence-corrected chi connectivity index (χ3v) is 7.40. The van der Waals surface area contributed by atoms with E-state index < -0.39 is 60.6 Å². The molecule has 16 nitrogen and oxygen atoms in total. The maximum absolute atomic E-state index is 12.8. The molecule has 2 heterocycles. The van der Waals surface area contributed by atoms with E-state index in [0.29, 0.717) is 25.7 Å². The van der Waals surface area contributed by atoms with Gasteiger partial charge in [-0.1, -0.05) is 13.2 Å². The standard InChI is InChI=1S/C36H38O16/c1-3-29(37)43-17-5-7-19-45-35(41)49-25-13-9-23(10-14-25)33(39)51-27-21-47-32-28(22-48-31(27)32)52-34(40)24-11-15-26(16-12-24)50-36(42)46-20-8-6-18-44-30(38)4-2/h3-4,9-16,27-28,31-32H,1-2,5-8,17-22H2/t27-,28?,31+,32+/m0/s1. The first-order valence-electron chi connectivity index (χ1n) is 16.3. The molecule has 4 rings (SSSR count). The molecule has 4 atom stereocenters. The number of carbonyl (C=O) groups is 6. The summed E-state index contributed by atoms with van der Waals surface area (Å²) < 4.78 is 52.6. The molecule has 1 unspecified atom stereocenters. The number of hydrogen-bond acceptors (Lipinski definition) is 16. The molecule has 0 saturated carbocycles. The van der Waals surface area contributed by atoms with Crippen LogP contribution in [-0.2, 0) is 47.5 Å². The van der Waals surface area contributed by atoms with Crippen molar-refractivity contribution in [2.45, 2.75) is 50.1 Å². The fourth-order valence-electron chi connectivity index (χ4n) is 4.79. The van der Waals surface area contributed by atoms with Crippen molar-refractivity contribution in [1.29, 1.82) is 0 Å². The van der Waals surface area contributed by atoms with Crippen LogP contribution >= 0.6 is 0 Å². The monoisotopic (exact) mass is 726 g/mol. The molecule has 0 aliphatic carbocycles. The first-order chi connectivity index (χ1) is 25.2. The maximum atomic E-state index is 12.8. The third kappa shape index (κ3) is 12.2. The van der Waals surface area contributed by atoms with E-state index in [1.54, 1.807) is 0 Å². The Hall–Kier alpha value is -5.74. The SMILES string of the molecule is C=CC(=O)OCCCCOC(=O)Oc1ccc(C(=O)OC2CO[C@@H]3[C@@H](OC(=O)c4ccc(OC(=O)OCCCCOC(=O)C=C)cc4)CO[C@H]23)cc1. The molecule has 0 N–H and O–H groups in total. The summed E-state index contributed by atoms with van der Waals surface area (Å²) in [6, 6.07) is 11.3. The quantitative estimate of drug-likeness (QED) is 0.0693. The molecule has 2 aliphatic rings. The van der Waals surface area contributed by atoms with Gasteiger partial charge in [0.15, 0.2) is 12.2 Å².